The molecule has 3 aromatic rings. The summed E-state index contributed by atoms with van der Waals surface area (Å²) in [5, 5.41) is 30.1. The number of nitrogens with one attached hydrogen (secondary N) is 4. The number of hydrogen-bond acceptors (Lipinski definition) is 4. The molecule has 0 spiro atoms. The van der Waals surface area contributed by atoms with Gasteiger partial charge in [0.15, 0.2) is 5.62 Å². The number of fused-ring (bicyclic) bond motifs is 1. The van der Waals surface area contributed by atoms with E-state index in [1.165, 1.54) is 24.3 Å². The summed E-state index contributed by atoms with van der Waals surface area (Å²) in [5.41, 5.74) is 0.0669. The Bertz CT molecular complexity index is 944. The Kier molecular flexibility index (Phi) is 3.61. The quantitative estimate of drug-likeness (QED) is 0.412. The fourth-order valence-corrected chi connectivity index (χ4v) is 2.32. The van der Waals surface area contributed by atoms with Crippen LogP contribution in [0.1, 0.15) is 11.1 Å². The van der Waals surface area contributed by atoms with E-state index < -0.39 is 17.7 Å². The van der Waals surface area contributed by atoms with Gasteiger partial charge in [0.1, 0.15) is 0 Å². The van der Waals surface area contributed by atoms with E-state index in [4.69, 9.17) is 5.41 Å². The van der Waals surface area contributed by atoms with Crippen molar-refractivity contribution in [2.45, 2.75) is 12.1 Å². The predicted molar refractivity (Wildman–Crippen MR) is 79.7 cm³/mol. The van der Waals surface area contributed by atoms with Gasteiger partial charge in [0.05, 0.1) is 16.6 Å². The smallest absolute Gasteiger partial charge is 0.345 e. The van der Waals surface area contributed by atoms with Gasteiger partial charge in [-0.1, -0.05) is 6.07 Å². The van der Waals surface area contributed by atoms with Crippen molar-refractivity contribution < 1.29 is 23.4 Å². The first kappa shape index (κ1) is 16.1. The average Bonchev–Trinajstić information content (AvgIpc) is 2.85. The molecule has 0 aliphatic heterocycles. The van der Waals surface area contributed by atoms with Gasteiger partial charge in [-0.3, -0.25) is 5.41 Å². The zero-order chi connectivity index (χ0) is 17.5. The topological polar surface area (TPSA) is 108 Å². The summed E-state index contributed by atoms with van der Waals surface area (Å²) in [5.74, 6) is -2.59. The first-order chi connectivity index (χ1) is 11.1. The van der Waals surface area contributed by atoms with E-state index in [0.29, 0.717) is 11.0 Å². The Morgan fingerprint density at radius 2 is 1.62 bits per heavy atom. The third-order valence-electron chi connectivity index (χ3n) is 3.45. The number of imidazole rings is 1. The van der Waals surface area contributed by atoms with E-state index in [1.807, 2.05) is 0 Å². The summed E-state index contributed by atoms with van der Waals surface area (Å²) in [6.07, 6.45) is -4.53. The second-order valence-electron chi connectivity index (χ2n) is 5.26. The van der Waals surface area contributed by atoms with Gasteiger partial charge in [0.2, 0.25) is 0 Å². The molecule has 0 saturated heterocycles. The zero-order valence-electron chi connectivity index (χ0n) is 12.1. The number of H-pyrrole nitrogens is 2. The average molecular weight is 338 g/mol. The molecule has 0 aliphatic carbocycles. The largest absolute Gasteiger partial charge is 0.416 e. The van der Waals surface area contributed by atoms with Crippen molar-refractivity contribution in [1.82, 2.24) is 9.97 Å². The third-order valence-corrected chi connectivity index (χ3v) is 3.45. The molecule has 2 aromatic carbocycles. The number of anilines is 1. The van der Waals surface area contributed by atoms with Crippen molar-refractivity contribution in [3.8, 4) is 0 Å². The molecule has 0 aliphatic rings. The van der Waals surface area contributed by atoms with Gasteiger partial charge in [-0.05, 0) is 36.4 Å². The number of halogens is 3. The predicted octanol–water partition coefficient (Wildman–Crippen LogP) is 2.20. The molecule has 1 heterocycles. The van der Waals surface area contributed by atoms with Crippen molar-refractivity contribution in [3.63, 3.8) is 0 Å². The lowest BCUT2D eigenvalue weighted by atomic mass is 10.1. The van der Waals surface area contributed by atoms with Gasteiger partial charge < -0.3 is 25.5 Å². The fourth-order valence-electron chi connectivity index (χ4n) is 2.32. The molecule has 0 atom stereocenters. The molecule has 0 radical (unpaired) electrons. The van der Waals surface area contributed by atoms with Gasteiger partial charge in [-0.2, -0.15) is 13.2 Å². The Morgan fingerprint density at radius 3 is 2.33 bits per heavy atom. The fraction of sp³-hybridized carbons (Fsp3) is 0.133. The van der Waals surface area contributed by atoms with Crippen molar-refractivity contribution in [2.75, 3.05) is 5.32 Å². The number of alkyl halides is 3. The summed E-state index contributed by atoms with van der Waals surface area (Å²) < 4.78 is 38.2. The van der Waals surface area contributed by atoms with Gasteiger partial charge in [0.25, 0.3) is 5.91 Å². The lowest BCUT2D eigenvalue weighted by Gasteiger charge is -2.25. The Hall–Kier alpha value is -2.78. The number of aliphatic hydroxyl groups is 2. The molecule has 0 fully saturated rings. The first-order valence-corrected chi connectivity index (χ1v) is 6.82. The lowest BCUT2D eigenvalue weighted by molar-refractivity contribution is -0.144. The summed E-state index contributed by atoms with van der Waals surface area (Å²) in [7, 11) is 0. The van der Waals surface area contributed by atoms with E-state index in [0.717, 1.165) is 18.2 Å². The molecule has 9 heteroatoms. The molecular formula is C15H13F3N4O2. The van der Waals surface area contributed by atoms with Crippen LogP contribution in [-0.4, -0.2) is 20.2 Å². The second kappa shape index (κ2) is 5.39. The Labute approximate surface area is 133 Å². The van der Waals surface area contributed by atoms with Gasteiger partial charge in [-0.15, -0.1) is 0 Å². The first-order valence-electron chi connectivity index (χ1n) is 6.82. The molecule has 126 valence electrons. The maximum absolute atomic E-state index is 12.7. The summed E-state index contributed by atoms with van der Waals surface area (Å²) >= 11 is 0. The summed E-state index contributed by atoms with van der Waals surface area (Å²) in [6.45, 7) is 0. The van der Waals surface area contributed by atoms with Crippen LogP contribution in [0.4, 0.5) is 18.9 Å². The summed E-state index contributed by atoms with van der Waals surface area (Å²) in [6, 6.07) is 8.41. The molecule has 0 unspecified atom stereocenters. The molecule has 0 saturated carbocycles. The monoisotopic (exact) mass is 338 g/mol. The maximum Gasteiger partial charge on any atom is 0.416 e. The molecule has 3 rings (SSSR count). The van der Waals surface area contributed by atoms with E-state index in [9.17, 15) is 23.4 Å². The van der Waals surface area contributed by atoms with Crippen LogP contribution >= 0.6 is 0 Å². The van der Waals surface area contributed by atoms with Crippen LogP contribution in [0.15, 0.2) is 42.5 Å². The van der Waals surface area contributed by atoms with Crippen LogP contribution in [0, 0.1) is 5.41 Å². The molecular weight excluding hydrogens is 325 g/mol. The van der Waals surface area contributed by atoms with Crippen molar-refractivity contribution >= 4 is 16.7 Å². The van der Waals surface area contributed by atoms with Crippen LogP contribution in [-0.2, 0) is 12.1 Å². The Morgan fingerprint density at radius 1 is 0.917 bits per heavy atom. The highest BCUT2D eigenvalue weighted by atomic mass is 19.4. The van der Waals surface area contributed by atoms with Gasteiger partial charge >= 0.3 is 6.18 Å². The minimum absolute atomic E-state index is 0.00246. The summed E-state index contributed by atoms with van der Waals surface area (Å²) in [4.78, 5) is 5.39. The highest BCUT2D eigenvalue weighted by molar-refractivity contribution is 5.75. The normalized spacial score (nSPS) is 12.5. The number of aromatic nitrogens is 2. The zero-order valence-corrected chi connectivity index (χ0v) is 12.1. The minimum atomic E-state index is -4.53. The van der Waals surface area contributed by atoms with Crippen LogP contribution in [0.25, 0.3) is 11.0 Å². The highest BCUT2D eigenvalue weighted by Crippen LogP contribution is 2.32. The van der Waals surface area contributed by atoms with Crippen LogP contribution < -0.4 is 10.9 Å². The van der Waals surface area contributed by atoms with E-state index in [2.05, 4.69) is 15.3 Å². The van der Waals surface area contributed by atoms with Crippen LogP contribution in [0.5, 0.6) is 0 Å². The van der Waals surface area contributed by atoms with Crippen molar-refractivity contribution in [1.29, 1.82) is 5.41 Å². The molecule has 6 nitrogen and oxygen atoms in total. The van der Waals surface area contributed by atoms with E-state index in [1.54, 1.807) is 0 Å². The number of aromatic amines is 2. The molecule has 0 bridgehead atoms. The van der Waals surface area contributed by atoms with Gasteiger partial charge in [0, 0.05) is 11.3 Å². The van der Waals surface area contributed by atoms with Crippen molar-refractivity contribution in [3.05, 3.63) is 59.2 Å². The highest BCUT2D eigenvalue weighted by Gasteiger charge is 2.32. The number of hydrogen-bond donors (Lipinski definition) is 6. The van der Waals surface area contributed by atoms with E-state index in [-0.39, 0.29) is 16.9 Å². The molecule has 6 N–H and O–H groups in total. The maximum atomic E-state index is 12.7. The number of rotatable bonds is 3. The lowest BCUT2D eigenvalue weighted by Crippen LogP contribution is -2.34. The van der Waals surface area contributed by atoms with Gasteiger partial charge in [-0.25, -0.2) is 0 Å². The SMILES string of the molecule is N=c1[nH]c2ccc(C(O)(O)Nc3cccc(C(F)(F)F)c3)cc2[nH]1. The van der Waals surface area contributed by atoms with Crippen LogP contribution in [0.2, 0.25) is 0 Å². The standard InChI is InChI=1S/C15H13F3N4O2/c16-14(17,18)8-2-1-3-10(6-8)22-15(23,24)9-4-5-11-12(7-9)21-13(19)20-11/h1-7,22-24H,(H3,19,20,21). The van der Waals surface area contributed by atoms with Crippen LogP contribution in [0.3, 0.4) is 0 Å². The minimum Gasteiger partial charge on any atom is -0.345 e. The molecule has 0 amide bonds. The van der Waals surface area contributed by atoms with Crippen molar-refractivity contribution in [2.24, 2.45) is 0 Å². The van der Waals surface area contributed by atoms with E-state index >= 15 is 0 Å². The third kappa shape index (κ3) is 3.12. The number of benzene rings is 2. The molecule has 1 aromatic heterocycles. The Balaban J connectivity index is 1.93. The molecule has 24 heavy (non-hydrogen) atoms. The second-order valence-corrected chi connectivity index (χ2v) is 5.26.